The third-order valence-electron chi connectivity index (χ3n) is 4.00. The van der Waals surface area contributed by atoms with E-state index in [2.05, 4.69) is 36.5 Å². The van der Waals surface area contributed by atoms with E-state index in [-0.39, 0.29) is 29.9 Å². The molecule has 1 aromatic rings. The van der Waals surface area contributed by atoms with Crippen molar-refractivity contribution in [3.8, 4) is 0 Å². The number of nitrogens with zero attached hydrogens (tertiary/aromatic N) is 2. The average Bonchev–Trinajstić information content (AvgIpc) is 3.04. The van der Waals surface area contributed by atoms with Crippen molar-refractivity contribution < 1.29 is 9.53 Å². The van der Waals surface area contributed by atoms with Crippen molar-refractivity contribution in [3.05, 3.63) is 34.3 Å². The summed E-state index contributed by atoms with van der Waals surface area (Å²) in [6.07, 6.45) is 1.12. The molecule has 1 atom stereocenters. The molecule has 1 unspecified atom stereocenters. The molecule has 1 fully saturated rings. The Balaban J connectivity index is 0.00000312. The second-order valence-corrected chi connectivity index (χ2v) is 6.71. The SMILES string of the molecule is CN=C(NCCNC(=O)c1ccc(Br)cc1)N1CCC(COC)C1.I. The summed E-state index contributed by atoms with van der Waals surface area (Å²) < 4.78 is 6.18. The number of carbonyl (C=O) groups excluding carboxylic acids is 1. The van der Waals surface area contributed by atoms with E-state index < -0.39 is 0 Å². The number of halogens is 2. The Kier molecular flexibility index (Phi) is 10.4. The van der Waals surface area contributed by atoms with Crippen LogP contribution in [-0.4, -0.2) is 63.7 Å². The molecule has 0 aliphatic carbocycles. The molecule has 0 saturated carbocycles. The number of rotatable bonds is 6. The molecule has 0 aromatic heterocycles. The number of ether oxygens (including phenoxy) is 1. The maximum atomic E-state index is 12.0. The van der Waals surface area contributed by atoms with E-state index >= 15 is 0 Å². The minimum atomic E-state index is -0.0689. The van der Waals surface area contributed by atoms with Gasteiger partial charge in [-0.15, -0.1) is 24.0 Å². The molecule has 0 spiro atoms. The first-order valence-corrected chi connectivity index (χ1v) is 8.91. The lowest BCUT2D eigenvalue weighted by Crippen LogP contribution is -2.43. The van der Waals surface area contributed by atoms with E-state index in [9.17, 15) is 4.79 Å². The molecule has 1 amide bonds. The van der Waals surface area contributed by atoms with Crippen LogP contribution >= 0.6 is 39.9 Å². The van der Waals surface area contributed by atoms with Crippen LogP contribution in [0.4, 0.5) is 0 Å². The van der Waals surface area contributed by atoms with Crippen LogP contribution in [0.5, 0.6) is 0 Å². The first kappa shape index (κ1) is 22.2. The summed E-state index contributed by atoms with van der Waals surface area (Å²) in [5.41, 5.74) is 0.657. The average molecular weight is 525 g/mol. The molecule has 1 aliphatic rings. The van der Waals surface area contributed by atoms with Gasteiger partial charge in [-0.05, 0) is 30.7 Å². The lowest BCUT2D eigenvalue weighted by atomic mass is 10.1. The molecular formula is C17H26BrIN4O2. The topological polar surface area (TPSA) is 66.0 Å². The molecule has 1 aliphatic heterocycles. The number of guanidine groups is 1. The molecule has 6 nitrogen and oxygen atoms in total. The van der Waals surface area contributed by atoms with E-state index in [0.717, 1.165) is 36.5 Å². The Morgan fingerprint density at radius 1 is 1.32 bits per heavy atom. The fraction of sp³-hybridized carbons (Fsp3) is 0.529. The zero-order valence-electron chi connectivity index (χ0n) is 14.6. The summed E-state index contributed by atoms with van der Waals surface area (Å²) in [5.74, 6) is 1.37. The van der Waals surface area contributed by atoms with Gasteiger partial charge in [0.2, 0.25) is 0 Å². The van der Waals surface area contributed by atoms with Crippen LogP contribution in [0.25, 0.3) is 0 Å². The molecule has 0 bridgehead atoms. The van der Waals surface area contributed by atoms with Crippen molar-refractivity contribution >= 4 is 51.8 Å². The van der Waals surface area contributed by atoms with Crippen LogP contribution < -0.4 is 10.6 Å². The van der Waals surface area contributed by atoms with Gasteiger partial charge < -0.3 is 20.3 Å². The quantitative estimate of drug-likeness (QED) is 0.259. The van der Waals surface area contributed by atoms with Crippen molar-refractivity contribution in [2.45, 2.75) is 6.42 Å². The highest BCUT2D eigenvalue weighted by Crippen LogP contribution is 2.16. The number of amides is 1. The van der Waals surface area contributed by atoms with Gasteiger partial charge in [-0.3, -0.25) is 9.79 Å². The second kappa shape index (κ2) is 11.7. The first-order valence-electron chi connectivity index (χ1n) is 8.12. The molecular weight excluding hydrogens is 499 g/mol. The Morgan fingerprint density at radius 2 is 2.00 bits per heavy atom. The number of benzene rings is 1. The first-order chi connectivity index (χ1) is 11.6. The number of likely N-dealkylation sites (tertiary alicyclic amines) is 1. The van der Waals surface area contributed by atoms with Crippen molar-refractivity contribution in [2.75, 3.05) is 46.9 Å². The largest absolute Gasteiger partial charge is 0.384 e. The van der Waals surface area contributed by atoms with Crippen LogP contribution in [0.15, 0.2) is 33.7 Å². The fourth-order valence-corrected chi connectivity index (χ4v) is 3.05. The highest BCUT2D eigenvalue weighted by Gasteiger charge is 2.24. The summed E-state index contributed by atoms with van der Waals surface area (Å²) in [4.78, 5) is 18.6. The van der Waals surface area contributed by atoms with Gasteiger partial charge in [-0.2, -0.15) is 0 Å². The standard InChI is InChI=1S/C17H25BrN4O2.HI/c1-19-17(22-10-7-13(11-22)12-24-2)21-9-8-20-16(23)14-3-5-15(18)6-4-14;/h3-6,13H,7-12H2,1-2H3,(H,19,21)(H,20,23);1H. The third-order valence-corrected chi connectivity index (χ3v) is 4.53. The van der Waals surface area contributed by atoms with Gasteiger partial charge in [0.15, 0.2) is 5.96 Å². The van der Waals surface area contributed by atoms with E-state index in [0.29, 0.717) is 24.6 Å². The fourth-order valence-electron chi connectivity index (χ4n) is 2.78. The lowest BCUT2D eigenvalue weighted by Gasteiger charge is -2.21. The molecule has 8 heteroatoms. The van der Waals surface area contributed by atoms with Gasteiger partial charge in [0, 0.05) is 56.3 Å². The van der Waals surface area contributed by atoms with Gasteiger partial charge >= 0.3 is 0 Å². The Labute approximate surface area is 174 Å². The van der Waals surface area contributed by atoms with Gasteiger partial charge in [0.05, 0.1) is 6.61 Å². The second-order valence-electron chi connectivity index (χ2n) is 5.79. The summed E-state index contributed by atoms with van der Waals surface area (Å²) in [7, 11) is 3.52. The summed E-state index contributed by atoms with van der Waals surface area (Å²) in [6.45, 7) is 3.91. The van der Waals surface area contributed by atoms with E-state index in [1.165, 1.54) is 0 Å². The number of carbonyl (C=O) groups is 1. The molecule has 1 aromatic carbocycles. The van der Waals surface area contributed by atoms with Crippen LogP contribution in [-0.2, 0) is 4.74 Å². The maximum Gasteiger partial charge on any atom is 0.251 e. The third kappa shape index (κ3) is 7.10. The van der Waals surface area contributed by atoms with Crippen LogP contribution in [0, 0.1) is 5.92 Å². The van der Waals surface area contributed by atoms with Crippen molar-refractivity contribution in [3.63, 3.8) is 0 Å². The van der Waals surface area contributed by atoms with Gasteiger partial charge in [0.1, 0.15) is 0 Å². The van der Waals surface area contributed by atoms with Crippen molar-refractivity contribution in [2.24, 2.45) is 10.9 Å². The van der Waals surface area contributed by atoms with Crippen LogP contribution in [0.3, 0.4) is 0 Å². The Bertz CT molecular complexity index is 568. The zero-order valence-corrected chi connectivity index (χ0v) is 18.5. The summed E-state index contributed by atoms with van der Waals surface area (Å²) in [5, 5.41) is 6.21. The number of hydrogen-bond acceptors (Lipinski definition) is 3. The molecule has 2 N–H and O–H groups in total. The number of hydrogen-bond donors (Lipinski definition) is 2. The van der Waals surface area contributed by atoms with E-state index in [4.69, 9.17) is 4.74 Å². The molecule has 1 heterocycles. The summed E-state index contributed by atoms with van der Waals surface area (Å²) in [6, 6.07) is 7.32. The normalized spacial score (nSPS) is 17.2. The highest BCUT2D eigenvalue weighted by molar-refractivity contribution is 14.0. The molecule has 2 rings (SSSR count). The highest BCUT2D eigenvalue weighted by atomic mass is 127. The molecule has 1 saturated heterocycles. The van der Waals surface area contributed by atoms with Gasteiger partial charge in [-0.25, -0.2) is 0 Å². The minimum Gasteiger partial charge on any atom is -0.384 e. The minimum absolute atomic E-state index is 0. The Hall–Kier alpha value is -0.870. The number of methoxy groups -OCH3 is 1. The van der Waals surface area contributed by atoms with Gasteiger partial charge in [-0.1, -0.05) is 15.9 Å². The predicted octanol–water partition coefficient (Wildman–Crippen LogP) is 2.34. The summed E-state index contributed by atoms with van der Waals surface area (Å²) >= 11 is 3.36. The lowest BCUT2D eigenvalue weighted by molar-refractivity contribution is 0.0954. The van der Waals surface area contributed by atoms with Crippen LogP contribution in [0.2, 0.25) is 0 Å². The smallest absolute Gasteiger partial charge is 0.251 e. The van der Waals surface area contributed by atoms with E-state index in [1.54, 1.807) is 26.3 Å². The number of nitrogens with one attached hydrogen (secondary N) is 2. The number of aliphatic imine (C=N–C) groups is 1. The zero-order chi connectivity index (χ0) is 17.4. The Morgan fingerprint density at radius 3 is 2.64 bits per heavy atom. The van der Waals surface area contributed by atoms with Crippen LogP contribution in [0.1, 0.15) is 16.8 Å². The predicted molar refractivity (Wildman–Crippen MR) is 115 cm³/mol. The molecule has 25 heavy (non-hydrogen) atoms. The van der Waals surface area contributed by atoms with Crippen molar-refractivity contribution in [1.82, 2.24) is 15.5 Å². The van der Waals surface area contributed by atoms with E-state index in [1.807, 2.05) is 12.1 Å². The monoisotopic (exact) mass is 524 g/mol. The molecule has 140 valence electrons. The molecule has 0 radical (unpaired) electrons. The van der Waals surface area contributed by atoms with Crippen molar-refractivity contribution in [1.29, 1.82) is 0 Å². The van der Waals surface area contributed by atoms with Gasteiger partial charge in [0.25, 0.3) is 5.91 Å². The maximum absolute atomic E-state index is 12.0.